The van der Waals surface area contributed by atoms with Crippen molar-refractivity contribution < 1.29 is 17.9 Å². The van der Waals surface area contributed by atoms with Gasteiger partial charge < -0.3 is 9.64 Å². The normalized spacial score (nSPS) is 20.8. The van der Waals surface area contributed by atoms with Crippen molar-refractivity contribution in [1.29, 1.82) is 0 Å². The van der Waals surface area contributed by atoms with Gasteiger partial charge in [-0.25, -0.2) is 4.98 Å². The summed E-state index contributed by atoms with van der Waals surface area (Å²) in [5.41, 5.74) is -0.937. The number of hydrogen-bond donors (Lipinski definition) is 0. The van der Waals surface area contributed by atoms with Gasteiger partial charge in [0, 0.05) is 19.2 Å². The first kappa shape index (κ1) is 17.5. The van der Waals surface area contributed by atoms with Crippen molar-refractivity contribution in [2.24, 2.45) is 0 Å². The van der Waals surface area contributed by atoms with Crippen LogP contribution in [0.4, 0.5) is 19.0 Å². The lowest BCUT2D eigenvalue weighted by Gasteiger charge is -2.36. The van der Waals surface area contributed by atoms with Gasteiger partial charge in [0.2, 0.25) is 0 Å². The molecule has 9 heteroatoms. The molecular formula is C17H22F3N5O. The highest BCUT2D eigenvalue weighted by molar-refractivity contribution is 5.48. The summed E-state index contributed by atoms with van der Waals surface area (Å²) >= 11 is 0. The van der Waals surface area contributed by atoms with Crippen LogP contribution >= 0.6 is 0 Å². The van der Waals surface area contributed by atoms with Gasteiger partial charge >= 0.3 is 6.18 Å². The Balaban J connectivity index is 1.47. The number of halogens is 3. The van der Waals surface area contributed by atoms with E-state index in [1.165, 1.54) is 30.1 Å². The van der Waals surface area contributed by atoms with Gasteiger partial charge in [-0.2, -0.15) is 27.8 Å². The van der Waals surface area contributed by atoms with E-state index in [1.54, 1.807) is 0 Å². The topological polar surface area (TPSA) is 55.6 Å². The third-order valence-electron chi connectivity index (χ3n) is 5.23. The highest BCUT2D eigenvalue weighted by Crippen LogP contribution is 2.32. The van der Waals surface area contributed by atoms with Gasteiger partial charge in [0.25, 0.3) is 5.78 Å². The number of rotatable bonds is 3. The van der Waals surface area contributed by atoms with Crippen molar-refractivity contribution in [3.8, 4) is 0 Å². The highest BCUT2D eigenvalue weighted by Gasteiger charge is 2.35. The number of fused-ring (bicyclic) bond motifs is 1. The zero-order valence-corrected chi connectivity index (χ0v) is 14.5. The van der Waals surface area contributed by atoms with Gasteiger partial charge in [-0.05, 0) is 25.7 Å². The van der Waals surface area contributed by atoms with E-state index in [0.717, 1.165) is 31.7 Å². The predicted octanol–water partition coefficient (Wildman–Crippen LogP) is 3.46. The van der Waals surface area contributed by atoms with Gasteiger partial charge in [0.15, 0.2) is 5.69 Å². The summed E-state index contributed by atoms with van der Waals surface area (Å²) in [6.45, 7) is 1.27. The Kier molecular flexibility index (Phi) is 4.73. The molecule has 4 rings (SSSR count). The first-order chi connectivity index (χ1) is 12.5. The minimum atomic E-state index is -4.51. The molecule has 0 bridgehead atoms. The molecular weight excluding hydrogens is 347 g/mol. The number of ether oxygens (including phenoxy) is 1. The van der Waals surface area contributed by atoms with Crippen LogP contribution < -0.4 is 4.90 Å². The summed E-state index contributed by atoms with van der Waals surface area (Å²) in [6, 6.07) is 1.06. The van der Waals surface area contributed by atoms with E-state index in [0.29, 0.717) is 25.0 Å². The lowest BCUT2D eigenvalue weighted by atomic mass is 9.97. The lowest BCUT2D eigenvalue weighted by Crippen LogP contribution is -2.40. The van der Waals surface area contributed by atoms with Crippen LogP contribution in [0.15, 0.2) is 12.4 Å². The number of piperidine rings is 1. The second-order valence-electron chi connectivity index (χ2n) is 7.05. The molecule has 2 aliphatic rings. The zero-order valence-electron chi connectivity index (χ0n) is 14.5. The Morgan fingerprint density at radius 1 is 1.00 bits per heavy atom. The number of aromatic nitrogens is 4. The molecule has 0 spiro atoms. The Bertz CT molecular complexity index is 748. The molecule has 1 saturated heterocycles. The summed E-state index contributed by atoms with van der Waals surface area (Å²) in [5, 5.41) is 4.03. The van der Waals surface area contributed by atoms with Crippen LogP contribution in [-0.2, 0) is 10.9 Å². The molecule has 6 nitrogen and oxygen atoms in total. The Morgan fingerprint density at radius 2 is 1.69 bits per heavy atom. The van der Waals surface area contributed by atoms with Crippen LogP contribution in [0.5, 0.6) is 0 Å². The highest BCUT2D eigenvalue weighted by atomic mass is 19.4. The van der Waals surface area contributed by atoms with Crippen LogP contribution in [0.2, 0.25) is 0 Å². The molecule has 0 aromatic carbocycles. The van der Waals surface area contributed by atoms with Gasteiger partial charge in [-0.1, -0.05) is 19.3 Å². The van der Waals surface area contributed by atoms with E-state index < -0.39 is 11.9 Å². The second kappa shape index (κ2) is 7.02. The van der Waals surface area contributed by atoms with E-state index >= 15 is 0 Å². The molecule has 0 amide bonds. The molecule has 3 heterocycles. The number of nitrogens with zero attached hydrogens (tertiary/aromatic N) is 5. The summed E-state index contributed by atoms with van der Waals surface area (Å²) < 4.78 is 47.0. The fourth-order valence-electron chi connectivity index (χ4n) is 3.86. The van der Waals surface area contributed by atoms with Crippen molar-refractivity contribution in [2.75, 3.05) is 18.0 Å². The molecule has 2 fully saturated rings. The maximum absolute atomic E-state index is 13.1. The first-order valence-corrected chi connectivity index (χ1v) is 9.19. The average Bonchev–Trinajstić information content (AvgIpc) is 3.10. The van der Waals surface area contributed by atoms with Gasteiger partial charge in [-0.3, -0.25) is 0 Å². The molecule has 0 radical (unpaired) electrons. The Labute approximate surface area is 149 Å². The molecule has 0 N–H and O–H groups in total. The number of alkyl halides is 3. The Hall–Kier alpha value is -1.90. The molecule has 2 aromatic rings. The van der Waals surface area contributed by atoms with Gasteiger partial charge in [-0.15, -0.1) is 0 Å². The van der Waals surface area contributed by atoms with Crippen molar-refractivity contribution in [3.63, 3.8) is 0 Å². The van der Waals surface area contributed by atoms with Crippen molar-refractivity contribution in [2.45, 2.75) is 63.3 Å². The van der Waals surface area contributed by atoms with Crippen molar-refractivity contribution >= 4 is 11.6 Å². The van der Waals surface area contributed by atoms with E-state index in [1.807, 2.05) is 4.90 Å². The van der Waals surface area contributed by atoms with Crippen LogP contribution in [0.3, 0.4) is 0 Å². The number of anilines is 1. The zero-order chi connectivity index (χ0) is 18.1. The van der Waals surface area contributed by atoms with Crippen LogP contribution in [0.25, 0.3) is 5.78 Å². The quantitative estimate of drug-likeness (QED) is 0.829. The van der Waals surface area contributed by atoms with E-state index in [2.05, 4.69) is 15.1 Å². The molecule has 1 aliphatic heterocycles. The molecule has 1 saturated carbocycles. The SMILES string of the molecule is FC(F)(F)c1cc(N2CCC(OC3CCCCC3)CC2)n2ncnc2n1. The fraction of sp³-hybridized carbons (Fsp3) is 0.706. The monoisotopic (exact) mass is 369 g/mol. The molecule has 1 aliphatic carbocycles. The van der Waals surface area contributed by atoms with Gasteiger partial charge in [0.05, 0.1) is 12.2 Å². The fourth-order valence-corrected chi connectivity index (χ4v) is 3.86. The smallest absolute Gasteiger partial charge is 0.375 e. The molecule has 142 valence electrons. The standard InChI is InChI=1S/C17H22F3N5O/c18-17(19,20)14-10-15(25-16(23-14)21-11-22-25)24-8-6-13(7-9-24)26-12-4-2-1-3-5-12/h10-13H,1-9H2. The Morgan fingerprint density at radius 3 is 2.38 bits per heavy atom. The van der Waals surface area contributed by atoms with E-state index in [9.17, 15) is 13.2 Å². The summed E-state index contributed by atoms with van der Waals surface area (Å²) in [6.07, 6.45) is 4.84. The lowest BCUT2D eigenvalue weighted by molar-refractivity contribution is -0.141. The van der Waals surface area contributed by atoms with Crippen LogP contribution in [0, 0.1) is 0 Å². The van der Waals surface area contributed by atoms with Crippen molar-refractivity contribution in [1.82, 2.24) is 19.6 Å². The molecule has 2 aromatic heterocycles. The van der Waals surface area contributed by atoms with Crippen LogP contribution in [-0.4, -0.2) is 44.9 Å². The average molecular weight is 369 g/mol. The maximum atomic E-state index is 13.1. The first-order valence-electron chi connectivity index (χ1n) is 9.19. The molecule has 26 heavy (non-hydrogen) atoms. The largest absolute Gasteiger partial charge is 0.433 e. The van der Waals surface area contributed by atoms with Crippen molar-refractivity contribution in [3.05, 3.63) is 18.1 Å². The van der Waals surface area contributed by atoms with Gasteiger partial charge in [0.1, 0.15) is 12.1 Å². The summed E-state index contributed by atoms with van der Waals surface area (Å²) in [7, 11) is 0. The van der Waals surface area contributed by atoms with Crippen LogP contribution in [0.1, 0.15) is 50.6 Å². The minimum Gasteiger partial charge on any atom is -0.375 e. The summed E-state index contributed by atoms with van der Waals surface area (Å²) in [4.78, 5) is 9.31. The summed E-state index contributed by atoms with van der Waals surface area (Å²) in [5.74, 6) is 0.353. The molecule has 0 unspecified atom stereocenters. The molecule has 0 atom stereocenters. The maximum Gasteiger partial charge on any atom is 0.433 e. The van der Waals surface area contributed by atoms with E-state index in [-0.39, 0.29) is 11.9 Å². The number of hydrogen-bond acceptors (Lipinski definition) is 5. The third-order valence-corrected chi connectivity index (χ3v) is 5.23. The minimum absolute atomic E-state index is 0.0320. The second-order valence-corrected chi connectivity index (χ2v) is 7.05. The third kappa shape index (κ3) is 3.62. The predicted molar refractivity (Wildman–Crippen MR) is 89.0 cm³/mol. The van der Waals surface area contributed by atoms with E-state index in [4.69, 9.17) is 4.74 Å².